The number of thioether (sulfide) groups is 1. The van der Waals surface area contributed by atoms with Crippen LogP contribution in [-0.4, -0.2) is 17.7 Å². The van der Waals surface area contributed by atoms with Crippen LogP contribution < -0.4 is 14.8 Å². The van der Waals surface area contributed by atoms with Crippen LogP contribution in [0.3, 0.4) is 0 Å². The number of rotatable bonds is 8. The Morgan fingerprint density at radius 3 is 2.50 bits per heavy atom. The van der Waals surface area contributed by atoms with Crippen molar-refractivity contribution in [3.63, 3.8) is 0 Å². The van der Waals surface area contributed by atoms with E-state index >= 15 is 0 Å². The van der Waals surface area contributed by atoms with Gasteiger partial charge in [0.2, 0.25) is 0 Å². The molecular formula is C27H25ClN2O3S. The second-order valence-electron chi connectivity index (χ2n) is 7.48. The number of halogens is 1. The first kappa shape index (κ1) is 23.9. The molecule has 1 N–H and O–H groups in total. The Bertz CT molecular complexity index is 1260. The summed E-state index contributed by atoms with van der Waals surface area (Å²) in [5, 5.41) is 4.08. The van der Waals surface area contributed by atoms with Gasteiger partial charge >= 0.3 is 0 Å². The van der Waals surface area contributed by atoms with Crippen LogP contribution in [0.15, 0.2) is 76.6 Å². The molecule has 3 aromatic rings. The maximum Gasteiger partial charge on any atom is 0.264 e. The van der Waals surface area contributed by atoms with Crippen LogP contribution >= 0.6 is 23.4 Å². The lowest BCUT2D eigenvalue weighted by atomic mass is 10.1. The van der Waals surface area contributed by atoms with E-state index in [0.29, 0.717) is 39.8 Å². The Labute approximate surface area is 208 Å². The van der Waals surface area contributed by atoms with Crippen molar-refractivity contribution in [2.45, 2.75) is 26.9 Å². The number of carbonyl (C=O) groups is 1. The van der Waals surface area contributed by atoms with Crippen molar-refractivity contribution in [3.05, 3.63) is 93.3 Å². The number of aryl methyl sites for hydroxylation is 1. The highest BCUT2D eigenvalue weighted by molar-refractivity contribution is 8.18. The molecule has 5 nitrogen and oxygen atoms in total. The molecule has 0 spiro atoms. The Balaban J connectivity index is 1.53. The van der Waals surface area contributed by atoms with Gasteiger partial charge in [0.25, 0.3) is 5.91 Å². The number of aliphatic imine (C=N–C) groups is 1. The summed E-state index contributed by atoms with van der Waals surface area (Å²) in [5.74, 6) is 1.05. The standard InChI is InChI=1S/C27H25ClN2O3S/c1-3-19-9-6-8-12-22(19)29-27-30-26(31)25(34-27)16-18-13-14-23(24(15-18)32-4-2)33-17-20-10-5-7-11-21(20)28/h5-16H,3-4,17H2,1-2H3,(H,29,30,31). The summed E-state index contributed by atoms with van der Waals surface area (Å²) in [5.41, 5.74) is 3.73. The summed E-state index contributed by atoms with van der Waals surface area (Å²) in [6, 6.07) is 21.1. The fraction of sp³-hybridized carbons (Fsp3) is 0.185. The van der Waals surface area contributed by atoms with E-state index in [1.165, 1.54) is 11.8 Å². The van der Waals surface area contributed by atoms with Gasteiger partial charge in [-0.15, -0.1) is 0 Å². The van der Waals surface area contributed by atoms with E-state index in [4.69, 9.17) is 21.1 Å². The molecule has 0 aromatic heterocycles. The van der Waals surface area contributed by atoms with Gasteiger partial charge in [0.05, 0.1) is 17.2 Å². The topological polar surface area (TPSA) is 59.9 Å². The lowest BCUT2D eigenvalue weighted by molar-refractivity contribution is -0.115. The average molecular weight is 493 g/mol. The second-order valence-corrected chi connectivity index (χ2v) is 8.92. The lowest BCUT2D eigenvalue weighted by Crippen LogP contribution is -2.19. The molecule has 1 aliphatic rings. The molecule has 0 saturated carbocycles. The van der Waals surface area contributed by atoms with Gasteiger partial charge in [-0.3, -0.25) is 4.79 Å². The van der Waals surface area contributed by atoms with E-state index in [1.807, 2.05) is 79.7 Å². The summed E-state index contributed by atoms with van der Waals surface area (Å²) >= 11 is 7.56. The van der Waals surface area contributed by atoms with Gasteiger partial charge in [-0.25, -0.2) is 4.99 Å². The summed E-state index contributed by atoms with van der Waals surface area (Å²) in [6.45, 7) is 4.82. The smallest absolute Gasteiger partial charge is 0.264 e. The lowest BCUT2D eigenvalue weighted by Gasteiger charge is -2.13. The van der Waals surface area contributed by atoms with Gasteiger partial charge < -0.3 is 14.8 Å². The minimum Gasteiger partial charge on any atom is -0.490 e. The molecule has 1 heterocycles. The van der Waals surface area contributed by atoms with E-state index in [2.05, 4.69) is 17.2 Å². The first-order valence-corrected chi connectivity index (χ1v) is 12.3. The van der Waals surface area contributed by atoms with Gasteiger partial charge in [-0.1, -0.05) is 61.0 Å². The zero-order valence-electron chi connectivity index (χ0n) is 19.0. The normalized spacial score (nSPS) is 15.6. The van der Waals surface area contributed by atoms with E-state index in [9.17, 15) is 4.79 Å². The van der Waals surface area contributed by atoms with Crippen molar-refractivity contribution in [3.8, 4) is 11.5 Å². The number of amides is 1. The van der Waals surface area contributed by atoms with Crippen molar-refractivity contribution in [1.29, 1.82) is 0 Å². The molecule has 0 radical (unpaired) electrons. The fourth-order valence-corrected chi connectivity index (χ4v) is 4.46. The Kier molecular flexibility index (Phi) is 7.93. The number of nitrogens with zero attached hydrogens (tertiary/aromatic N) is 1. The van der Waals surface area contributed by atoms with Crippen molar-refractivity contribution >= 4 is 46.2 Å². The predicted octanol–water partition coefficient (Wildman–Crippen LogP) is 6.77. The molecule has 3 aromatic carbocycles. The first-order chi connectivity index (χ1) is 16.6. The molecule has 1 amide bonds. The molecule has 1 aliphatic heterocycles. The third-order valence-electron chi connectivity index (χ3n) is 5.15. The Morgan fingerprint density at radius 1 is 0.971 bits per heavy atom. The molecule has 0 aliphatic carbocycles. The molecule has 0 atom stereocenters. The summed E-state index contributed by atoms with van der Waals surface area (Å²) < 4.78 is 11.8. The molecule has 174 valence electrons. The molecule has 0 unspecified atom stereocenters. The van der Waals surface area contributed by atoms with E-state index in [0.717, 1.165) is 28.8 Å². The van der Waals surface area contributed by atoms with Crippen LogP contribution in [0.25, 0.3) is 6.08 Å². The number of ether oxygens (including phenoxy) is 2. The molecule has 4 rings (SSSR count). The highest BCUT2D eigenvalue weighted by Gasteiger charge is 2.24. The minimum absolute atomic E-state index is 0.172. The van der Waals surface area contributed by atoms with Crippen LogP contribution in [0.2, 0.25) is 5.02 Å². The maximum absolute atomic E-state index is 12.6. The zero-order valence-corrected chi connectivity index (χ0v) is 20.6. The van der Waals surface area contributed by atoms with E-state index in [-0.39, 0.29) is 5.91 Å². The largest absolute Gasteiger partial charge is 0.490 e. The molecule has 1 fully saturated rings. The summed E-state index contributed by atoms with van der Waals surface area (Å²) in [4.78, 5) is 17.8. The number of hydrogen-bond acceptors (Lipinski definition) is 5. The van der Waals surface area contributed by atoms with Gasteiger partial charge in [0, 0.05) is 10.6 Å². The van der Waals surface area contributed by atoms with E-state index < -0.39 is 0 Å². The zero-order chi connectivity index (χ0) is 23.9. The third kappa shape index (κ3) is 5.82. The number of para-hydroxylation sites is 1. The SMILES string of the molecule is CCOc1cc(C=C2SC(=Nc3ccccc3CC)NC2=O)ccc1OCc1ccccc1Cl. The first-order valence-electron chi connectivity index (χ1n) is 11.1. The molecule has 7 heteroatoms. The second kappa shape index (κ2) is 11.3. The van der Waals surface area contributed by atoms with Crippen molar-refractivity contribution < 1.29 is 14.3 Å². The number of hydrogen-bond donors (Lipinski definition) is 1. The van der Waals surface area contributed by atoms with Gasteiger partial charge in [0.15, 0.2) is 16.7 Å². The maximum atomic E-state index is 12.6. The predicted molar refractivity (Wildman–Crippen MR) is 140 cm³/mol. The van der Waals surface area contributed by atoms with Gasteiger partial charge in [-0.2, -0.15) is 0 Å². The van der Waals surface area contributed by atoms with Crippen LogP contribution in [0.4, 0.5) is 5.69 Å². The van der Waals surface area contributed by atoms with Crippen LogP contribution in [-0.2, 0) is 17.8 Å². The Hall–Kier alpha value is -3.22. The van der Waals surface area contributed by atoms with Crippen molar-refractivity contribution in [1.82, 2.24) is 5.32 Å². The molecule has 1 saturated heterocycles. The van der Waals surface area contributed by atoms with E-state index in [1.54, 1.807) is 0 Å². The van der Waals surface area contributed by atoms with Gasteiger partial charge in [0.1, 0.15) is 6.61 Å². The monoisotopic (exact) mass is 492 g/mol. The van der Waals surface area contributed by atoms with Gasteiger partial charge in [-0.05, 0) is 66.6 Å². The molecular weight excluding hydrogens is 468 g/mol. The fourth-order valence-electron chi connectivity index (χ4n) is 3.43. The van der Waals surface area contributed by atoms with Crippen LogP contribution in [0.1, 0.15) is 30.5 Å². The van der Waals surface area contributed by atoms with Crippen LogP contribution in [0, 0.1) is 0 Å². The minimum atomic E-state index is -0.172. The summed E-state index contributed by atoms with van der Waals surface area (Å²) in [7, 11) is 0. The quantitative estimate of drug-likeness (QED) is 0.352. The van der Waals surface area contributed by atoms with Crippen molar-refractivity contribution in [2.24, 2.45) is 4.99 Å². The third-order valence-corrected chi connectivity index (χ3v) is 6.43. The highest BCUT2D eigenvalue weighted by atomic mass is 35.5. The van der Waals surface area contributed by atoms with Crippen LogP contribution in [0.5, 0.6) is 11.5 Å². The number of amidine groups is 1. The average Bonchev–Trinajstić information content (AvgIpc) is 3.18. The summed E-state index contributed by atoms with van der Waals surface area (Å²) in [6.07, 6.45) is 2.70. The number of benzene rings is 3. The molecule has 34 heavy (non-hydrogen) atoms. The molecule has 0 bridgehead atoms. The Morgan fingerprint density at radius 2 is 1.74 bits per heavy atom. The number of carbonyl (C=O) groups excluding carboxylic acids is 1. The number of nitrogens with one attached hydrogen (secondary N) is 1. The highest BCUT2D eigenvalue weighted by Crippen LogP contribution is 2.33. The van der Waals surface area contributed by atoms with Crippen molar-refractivity contribution in [2.75, 3.05) is 6.61 Å².